The molecule has 1 heterocycles. The molecule has 0 bridgehead atoms. The fraction of sp³-hybridized carbons (Fsp3) is 0.261. The average Bonchev–Trinajstić information content (AvgIpc) is 3.03. The number of thiocarbonyl (C=S) groups is 1. The molecule has 1 unspecified atom stereocenters. The number of carbonyl (C=O) groups is 2. The Bertz CT molecular complexity index is 1070. The van der Waals surface area contributed by atoms with Crippen molar-refractivity contribution in [1.29, 1.82) is 0 Å². The molecular formula is C23H23NO6S2. The number of carbonyl (C=O) groups excluding carboxylic acids is 1. The van der Waals surface area contributed by atoms with E-state index in [0.29, 0.717) is 50.9 Å². The highest BCUT2D eigenvalue weighted by molar-refractivity contribution is 8.27. The molecule has 1 aliphatic rings. The third-order valence-electron chi connectivity index (χ3n) is 4.42. The molecule has 0 spiro atoms. The summed E-state index contributed by atoms with van der Waals surface area (Å²) < 4.78 is 17.1. The number of ether oxygens (including phenoxy) is 3. The first kappa shape index (κ1) is 23.6. The number of amides is 1. The van der Waals surface area contributed by atoms with Gasteiger partial charge in [-0.15, -0.1) is 0 Å². The maximum absolute atomic E-state index is 13.1. The van der Waals surface area contributed by atoms with E-state index in [1.54, 1.807) is 36.4 Å². The first-order chi connectivity index (χ1) is 15.3. The third-order valence-corrected chi connectivity index (χ3v) is 5.72. The summed E-state index contributed by atoms with van der Waals surface area (Å²) in [6.45, 7) is 5.98. The molecule has 1 fully saturated rings. The predicted octanol–water partition coefficient (Wildman–Crippen LogP) is 4.74. The number of benzene rings is 2. The summed E-state index contributed by atoms with van der Waals surface area (Å²) >= 11 is 6.67. The van der Waals surface area contributed by atoms with E-state index < -0.39 is 12.1 Å². The largest absolute Gasteiger partial charge is 0.492 e. The third kappa shape index (κ3) is 5.23. The molecule has 0 aromatic heterocycles. The van der Waals surface area contributed by atoms with E-state index in [9.17, 15) is 9.59 Å². The Morgan fingerprint density at radius 3 is 2.50 bits per heavy atom. The van der Waals surface area contributed by atoms with Gasteiger partial charge in [0, 0.05) is 0 Å². The van der Waals surface area contributed by atoms with Gasteiger partial charge in [0.05, 0.1) is 23.8 Å². The number of aliphatic carboxylic acids is 1. The van der Waals surface area contributed by atoms with E-state index >= 15 is 0 Å². The Labute approximate surface area is 196 Å². The van der Waals surface area contributed by atoms with Gasteiger partial charge in [-0.1, -0.05) is 42.2 Å². The van der Waals surface area contributed by atoms with Crippen LogP contribution in [0.3, 0.4) is 0 Å². The number of carboxylic acids is 1. The molecule has 0 radical (unpaired) electrons. The predicted molar refractivity (Wildman–Crippen MR) is 129 cm³/mol. The Hall–Kier alpha value is -3.04. The Morgan fingerprint density at radius 1 is 1.12 bits per heavy atom. The number of anilines is 1. The number of nitrogens with zero attached hydrogens (tertiary/aromatic N) is 1. The molecule has 1 atom stereocenters. The number of hydrogen-bond acceptors (Lipinski definition) is 7. The van der Waals surface area contributed by atoms with Gasteiger partial charge in [0.1, 0.15) is 5.75 Å². The van der Waals surface area contributed by atoms with Crippen molar-refractivity contribution in [3.8, 4) is 17.2 Å². The van der Waals surface area contributed by atoms with Crippen LogP contribution in [0.25, 0.3) is 6.08 Å². The van der Waals surface area contributed by atoms with Crippen molar-refractivity contribution in [3.63, 3.8) is 0 Å². The average molecular weight is 474 g/mol. The molecule has 1 aliphatic heterocycles. The zero-order valence-electron chi connectivity index (χ0n) is 17.9. The number of rotatable bonds is 9. The molecule has 3 rings (SSSR count). The van der Waals surface area contributed by atoms with Crippen molar-refractivity contribution < 1.29 is 28.9 Å². The molecule has 2 aromatic rings. The minimum absolute atomic E-state index is 0.245. The van der Waals surface area contributed by atoms with Crippen molar-refractivity contribution in [2.75, 3.05) is 18.1 Å². The van der Waals surface area contributed by atoms with Crippen LogP contribution in [0.1, 0.15) is 26.3 Å². The monoisotopic (exact) mass is 473 g/mol. The summed E-state index contributed by atoms with van der Waals surface area (Å²) in [5.74, 6) is -0.0266. The molecule has 32 heavy (non-hydrogen) atoms. The second kappa shape index (κ2) is 10.5. The number of carboxylic acid groups (broad SMARTS) is 1. The normalized spacial score (nSPS) is 15.7. The van der Waals surface area contributed by atoms with Crippen LogP contribution >= 0.6 is 24.0 Å². The zero-order chi connectivity index (χ0) is 23.3. The van der Waals surface area contributed by atoms with Gasteiger partial charge in [-0.05, 0) is 56.7 Å². The Kier molecular flexibility index (Phi) is 7.76. The van der Waals surface area contributed by atoms with Gasteiger partial charge in [-0.2, -0.15) is 0 Å². The lowest BCUT2D eigenvalue weighted by Gasteiger charge is -2.18. The topological polar surface area (TPSA) is 85.3 Å². The van der Waals surface area contributed by atoms with Crippen molar-refractivity contribution >= 4 is 51.9 Å². The summed E-state index contributed by atoms with van der Waals surface area (Å²) in [4.78, 5) is 26.2. The molecule has 0 saturated carbocycles. The standard InChI is InChI=1S/C23H23NO6S2/c1-4-28-17-9-7-6-8-16(17)24-21(25)20(32-23(24)31)13-15-10-11-18(19(12-15)29-5-2)30-14(3)22(26)27/h6-14H,4-5H2,1-3H3,(H,26,27)/b20-13+. The van der Waals surface area contributed by atoms with Gasteiger partial charge in [-0.3, -0.25) is 9.69 Å². The minimum atomic E-state index is -1.08. The van der Waals surface area contributed by atoms with Crippen LogP contribution < -0.4 is 19.1 Å². The van der Waals surface area contributed by atoms with Crippen molar-refractivity contribution in [2.45, 2.75) is 26.9 Å². The van der Waals surface area contributed by atoms with Gasteiger partial charge in [0.15, 0.2) is 21.9 Å². The molecule has 1 N–H and O–H groups in total. The zero-order valence-corrected chi connectivity index (χ0v) is 19.5. The van der Waals surface area contributed by atoms with Gasteiger partial charge >= 0.3 is 5.97 Å². The van der Waals surface area contributed by atoms with Crippen LogP contribution in [-0.2, 0) is 9.59 Å². The summed E-state index contributed by atoms with van der Waals surface area (Å²) in [6, 6.07) is 12.3. The van der Waals surface area contributed by atoms with Gasteiger partial charge < -0.3 is 19.3 Å². The second-order valence-electron chi connectivity index (χ2n) is 6.66. The van der Waals surface area contributed by atoms with Gasteiger partial charge in [0.2, 0.25) is 0 Å². The van der Waals surface area contributed by atoms with Crippen LogP contribution in [0.5, 0.6) is 17.2 Å². The lowest BCUT2D eigenvalue weighted by Crippen LogP contribution is -2.28. The Morgan fingerprint density at radius 2 is 1.81 bits per heavy atom. The van der Waals surface area contributed by atoms with E-state index in [1.165, 1.54) is 23.6 Å². The first-order valence-electron chi connectivity index (χ1n) is 10.0. The molecule has 0 aliphatic carbocycles. The molecule has 1 saturated heterocycles. The quantitative estimate of drug-likeness (QED) is 0.413. The second-order valence-corrected chi connectivity index (χ2v) is 8.33. The molecule has 2 aromatic carbocycles. The molecule has 168 valence electrons. The van der Waals surface area contributed by atoms with E-state index in [0.717, 1.165) is 0 Å². The Balaban J connectivity index is 1.90. The highest BCUT2D eigenvalue weighted by Gasteiger charge is 2.35. The smallest absolute Gasteiger partial charge is 0.344 e. The molecule has 7 nitrogen and oxygen atoms in total. The van der Waals surface area contributed by atoms with Crippen molar-refractivity contribution in [1.82, 2.24) is 0 Å². The maximum Gasteiger partial charge on any atom is 0.344 e. The fourth-order valence-electron chi connectivity index (χ4n) is 2.97. The summed E-state index contributed by atoms with van der Waals surface area (Å²) in [6.07, 6.45) is 0.692. The SMILES string of the molecule is CCOc1cc(/C=C2/SC(=S)N(c3ccccc3OCC)C2=O)ccc1OC(C)C(=O)O. The minimum Gasteiger partial charge on any atom is -0.492 e. The summed E-state index contributed by atoms with van der Waals surface area (Å²) in [5.41, 5.74) is 1.30. The van der Waals surface area contributed by atoms with Gasteiger partial charge in [0.25, 0.3) is 5.91 Å². The van der Waals surface area contributed by atoms with Crippen LogP contribution in [0, 0.1) is 0 Å². The molecule has 1 amide bonds. The van der Waals surface area contributed by atoms with Crippen LogP contribution in [-0.4, -0.2) is 40.6 Å². The number of para-hydroxylation sites is 2. The van der Waals surface area contributed by atoms with Crippen molar-refractivity contribution in [3.05, 3.63) is 52.9 Å². The maximum atomic E-state index is 13.1. The molecular weight excluding hydrogens is 450 g/mol. The van der Waals surface area contributed by atoms with Crippen LogP contribution in [0.2, 0.25) is 0 Å². The number of thioether (sulfide) groups is 1. The van der Waals surface area contributed by atoms with Crippen molar-refractivity contribution in [2.24, 2.45) is 0 Å². The summed E-state index contributed by atoms with van der Waals surface area (Å²) in [7, 11) is 0. The lowest BCUT2D eigenvalue weighted by atomic mass is 10.1. The van der Waals surface area contributed by atoms with Crippen LogP contribution in [0.15, 0.2) is 47.4 Å². The van der Waals surface area contributed by atoms with Gasteiger partial charge in [-0.25, -0.2) is 4.79 Å². The van der Waals surface area contributed by atoms with Crippen LogP contribution in [0.4, 0.5) is 5.69 Å². The highest BCUT2D eigenvalue weighted by Crippen LogP contribution is 2.40. The highest BCUT2D eigenvalue weighted by atomic mass is 32.2. The first-order valence-corrected chi connectivity index (χ1v) is 11.2. The molecule has 9 heteroatoms. The van der Waals surface area contributed by atoms with E-state index in [2.05, 4.69) is 0 Å². The lowest BCUT2D eigenvalue weighted by molar-refractivity contribution is -0.144. The fourth-order valence-corrected chi connectivity index (χ4v) is 4.25. The summed E-state index contributed by atoms with van der Waals surface area (Å²) in [5, 5.41) is 9.09. The van der Waals surface area contributed by atoms with E-state index in [4.69, 9.17) is 31.5 Å². The van der Waals surface area contributed by atoms with E-state index in [1.807, 2.05) is 26.0 Å². The van der Waals surface area contributed by atoms with E-state index in [-0.39, 0.29) is 5.91 Å². The number of hydrogen-bond donors (Lipinski definition) is 1.